The number of ketones is 1. The molecule has 0 spiro atoms. The lowest BCUT2D eigenvalue weighted by molar-refractivity contribution is -0.385. The van der Waals surface area contributed by atoms with Crippen molar-refractivity contribution in [2.45, 2.75) is 12.8 Å². The van der Waals surface area contributed by atoms with Crippen LogP contribution in [0.3, 0.4) is 0 Å². The molecule has 0 radical (unpaired) electrons. The number of nitro benzene ring substituents is 1. The molecule has 3 rings (SSSR count). The zero-order valence-corrected chi connectivity index (χ0v) is 10.00. The molecule has 1 fully saturated rings. The number of carbonyl (C=O) groups excluding carboxylic acids is 1. The number of allylic oxidation sites excluding steroid dienone is 1. The molecule has 0 bridgehead atoms. The third kappa shape index (κ3) is 2.29. The maximum absolute atomic E-state index is 11.6. The Bertz CT molecular complexity index is 589. The van der Waals surface area contributed by atoms with Crippen molar-refractivity contribution < 1.29 is 19.2 Å². The Balaban J connectivity index is 1.94. The van der Waals surface area contributed by atoms with Crippen molar-refractivity contribution in [3.8, 4) is 11.5 Å². The molecule has 2 aliphatic rings. The van der Waals surface area contributed by atoms with Crippen molar-refractivity contribution in [1.29, 1.82) is 0 Å². The molecule has 0 N–H and O–H groups in total. The van der Waals surface area contributed by atoms with E-state index in [-0.39, 0.29) is 24.2 Å². The minimum absolute atomic E-state index is 0.0203. The van der Waals surface area contributed by atoms with Gasteiger partial charge in [-0.15, -0.1) is 0 Å². The number of benzene rings is 1. The van der Waals surface area contributed by atoms with Crippen LogP contribution in [0.15, 0.2) is 18.2 Å². The predicted molar refractivity (Wildman–Crippen MR) is 66.0 cm³/mol. The fourth-order valence-electron chi connectivity index (χ4n) is 1.91. The van der Waals surface area contributed by atoms with Gasteiger partial charge in [-0.3, -0.25) is 14.9 Å². The number of nitrogens with zero attached hydrogens (tertiary/aromatic N) is 1. The monoisotopic (exact) mass is 261 g/mol. The van der Waals surface area contributed by atoms with E-state index in [4.69, 9.17) is 9.47 Å². The third-order valence-electron chi connectivity index (χ3n) is 3.13. The van der Waals surface area contributed by atoms with Gasteiger partial charge in [-0.25, -0.2) is 0 Å². The first-order chi connectivity index (χ1) is 9.15. The summed E-state index contributed by atoms with van der Waals surface area (Å²) < 4.78 is 10.3. The molecular formula is C13H11NO5. The summed E-state index contributed by atoms with van der Waals surface area (Å²) in [6, 6.07) is 2.85. The first kappa shape index (κ1) is 11.7. The minimum Gasteiger partial charge on any atom is -0.454 e. The van der Waals surface area contributed by atoms with Crippen LogP contribution in [0.1, 0.15) is 18.4 Å². The number of hydrogen-bond acceptors (Lipinski definition) is 5. The Morgan fingerprint density at radius 3 is 2.63 bits per heavy atom. The molecule has 6 nitrogen and oxygen atoms in total. The zero-order valence-electron chi connectivity index (χ0n) is 10.00. The number of ether oxygens (including phenoxy) is 2. The summed E-state index contributed by atoms with van der Waals surface area (Å²) in [4.78, 5) is 22.1. The van der Waals surface area contributed by atoms with Gasteiger partial charge < -0.3 is 9.47 Å². The Labute approximate surface area is 108 Å². The molecule has 1 aliphatic carbocycles. The third-order valence-corrected chi connectivity index (χ3v) is 3.13. The van der Waals surface area contributed by atoms with Crippen LogP contribution in [0.4, 0.5) is 5.69 Å². The average molecular weight is 261 g/mol. The first-order valence-electron chi connectivity index (χ1n) is 5.95. The van der Waals surface area contributed by atoms with Crippen LogP contribution >= 0.6 is 0 Å². The lowest BCUT2D eigenvalue weighted by atomic mass is 10.1. The highest BCUT2D eigenvalue weighted by Crippen LogP contribution is 2.38. The van der Waals surface area contributed by atoms with Gasteiger partial charge in [0, 0.05) is 5.92 Å². The van der Waals surface area contributed by atoms with Crippen molar-refractivity contribution in [1.82, 2.24) is 0 Å². The van der Waals surface area contributed by atoms with Gasteiger partial charge in [0.15, 0.2) is 17.3 Å². The van der Waals surface area contributed by atoms with Gasteiger partial charge in [-0.05, 0) is 31.1 Å². The average Bonchev–Trinajstić information content (AvgIpc) is 3.13. The number of nitro groups is 1. The maximum Gasteiger partial charge on any atom is 0.280 e. The molecule has 19 heavy (non-hydrogen) atoms. The van der Waals surface area contributed by atoms with Crippen molar-refractivity contribution in [3.63, 3.8) is 0 Å². The number of fused-ring (bicyclic) bond motifs is 1. The fraction of sp³-hybridized carbons (Fsp3) is 0.308. The van der Waals surface area contributed by atoms with E-state index in [1.54, 1.807) is 0 Å². The van der Waals surface area contributed by atoms with E-state index in [1.807, 2.05) is 0 Å². The normalized spacial score (nSPS) is 16.8. The number of hydrogen-bond donors (Lipinski definition) is 0. The summed E-state index contributed by atoms with van der Waals surface area (Å²) in [6.45, 7) is 0.0562. The Kier molecular flexibility index (Phi) is 2.70. The number of carbonyl (C=O) groups is 1. The lowest BCUT2D eigenvalue weighted by Gasteiger charge is -2.00. The number of rotatable bonds is 4. The van der Waals surface area contributed by atoms with E-state index in [0.717, 1.165) is 12.8 Å². The van der Waals surface area contributed by atoms with Crippen molar-refractivity contribution in [2.75, 3.05) is 6.79 Å². The van der Waals surface area contributed by atoms with Gasteiger partial charge in [0.2, 0.25) is 6.79 Å². The smallest absolute Gasteiger partial charge is 0.280 e. The van der Waals surface area contributed by atoms with Crippen LogP contribution in [0.5, 0.6) is 11.5 Å². The summed E-state index contributed by atoms with van der Waals surface area (Å²) in [5, 5.41) is 11.0. The Morgan fingerprint density at radius 1 is 1.32 bits per heavy atom. The molecule has 6 heteroatoms. The van der Waals surface area contributed by atoms with Gasteiger partial charge in [-0.1, -0.05) is 0 Å². The molecule has 0 saturated heterocycles. The first-order valence-corrected chi connectivity index (χ1v) is 5.95. The van der Waals surface area contributed by atoms with E-state index in [1.165, 1.54) is 24.3 Å². The van der Waals surface area contributed by atoms with E-state index in [0.29, 0.717) is 17.1 Å². The molecule has 0 atom stereocenters. The summed E-state index contributed by atoms with van der Waals surface area (Å²) in [5.41, 5.74) is 0.257. The van der Waals surface area contributed by atoms with Crippen molar-refractivity contribution in [2.24, 2.45) is 5.92 Å². The zero-order chi connectivity index (χ0) is 13.4. The molecule has 0 aromatic heterocycles. The molecule has 1 aromatic carbocycles. The van der Waals surface area contributed by atoms with Crippen LogP contribution < -0.4 is 9.47 Å². The van der Waals surface area contributed by atoms with Crippen LogP contribution in [0.2, 0.25) is 0 Å². The molecule has 1 aromatic rings. The quantitative estimate of drug-likeness (QED) is 0.472. The van der Waals surface area contributed by atoms with E-state index in [2.05, 4.69) is 0 Å². The summed E-state index contributed by atoms with van der Waals surface area (Å²) in [7, 11) is 0. The summed E-state index contributed by atoms with van der Waals surface area (Å²) in [6.07, 6.45) is 4.70. The second-order valence-corrected chi connectivity index (χ2v) is 4.53. The SMILES string of the molecule is O=C(/C=C/c1cc2c(cc1[N+](=O)[O-])OCO2)C1CC1. The molecule has 0 amide bonds. The molecular weight excluding hydrogens is 250 g/mol. The fourth-order valence-corrected chi connectivity index (χ4v) is 1.91. The van der Waals surface area contributed by atoms with Gasteiger partial charge in [-0.2, -0.15) is 0 Å². The second kappa shape index (κ2) is 4.38. The summed E-state index contributed by atoms with van der Waals surface area (Å²) in [5.74, 6) is 0.942. The molecule has 98 valence electrons. The van der Waals surface area contributed by atoms with Crippen molar-refractivity contribution >= 4 is 17.5 Å². The minimum atomic E-state index is -0.497. The maximum atomic E-state index is 11.6. The van der Waals surface area contributed by atoms with Gasteiger partial charge in [0.25, 0.3) is 5.69 Å². The molecule has 1 aliphatic heterocycles. The Morgan fingerprint density at radius 2 is 2.00 bits per heavy atom. The molecule has 1 saturated carbocycles. The molecule has 0 unspecified atom stereocenters. The van der Waals surface area contributed by atoms with E-state index >= 15 is 0 Å². The topological polar surface area (TPSA) is 78.7 Å². The second-order valence-electron chi connectivity index (χ2n) is 4.53. The Hall–Kier alpha value is -2.37. The standard InChI is InChI=1S/C13H11NO5/c15-11(8-1-2-8)4-3-9-5-12-13(19-7-18-12)6-10(9)14(16)17/h3-6,8H,1-2,7H2/b4-3+. The highest BCUT2D eigenvalue weighted by molar-refractivity contribution is 5.97. The predicted octanol–water partition coefficient (Wildman–Crippen LogP) is 2.32. The van der Waals surface area contributed by atoms with E-state index < -0.39 is 4.92 Å². The highest BCUT2D eigenvalue weighted by Gasteiger charge is 2.28. The highest BCUT2D eigenvalue weighted by atomic mass is 16.7. The van der Waals surface area contributed by atoms with Gasteiger partial charge >= 0.3 is 0 Å². The van der Waals surface area contributed by atoms with Crippen LogP contribution in [-0.2, 0) is 4.79 Å². The van der Waals surface area contributed by atoms with Crippen LogP contribution in [0.25, 0.3) is 6.08 Å². The largest absolute Gasteiger partial charge is 0.454 e. The van der Waals surface area contributed by atoms with Crippen molar-refractivity contribution in [3.05, 3.63) is 33.9 Å². The van der Waals surface area contributed by atoms with Gasteiger partial charge in [0.1, 0.15) is 0 Å². The van der Waals surface area contributed by atoms with Crippen LogP contribution in [0, 0.1) is 16.0 Å². The lowest BCUT2D eigenvalue weighted by Crippen LogP contribution is -1.95. The van der Waals surface area contributed by atoms with E-state index in [9.17, 15) is 14.9 Å². The summed E-state index contributed by atoms with van der Waals surface area (Å²) >= 11 is 0. The van der Waals surface area contributed by atoms with Gasteiger partial charge in [0.05, 0.1) is 16.6 Å². The molecule has 1 heterocycles. The van der Waals surface area contributed by atoms with Crippen LogP contribution in [-0.4, -0.2) is 17.5 Å².